The van der Waals surface area contributed by atoms with Crippen molar-refractivity contribution in [2.75, 3.05) is 0 Å². The van der Waals surface area contributed by atoms with Crippen LogP contribution in [0.3, 0.4) is 0 Å². The van der Waals surface area contributed by atoms with Crippen LogP contribution in [-0.2, 0) is 17.4 Å². The molecule has 6 aromatic rings. The van der Waals surface area contributed by atoms with E-state index in [0.29, 0.717) is 13.2 Å². The normalized spacial score (nSPS) is 16.6. The zero-order valence-corrected chi connectivity index (χ0v) is 37.0. The quantitative estimate of drug-likeness (QED) is 0.134. The molecule has 0 saturated heterocycles. The molecule has 0 N–H and O–H groups in total. The molecule has 52 heavy (non-hydrogen) atoms. The number of fused-ring (bicyclic) bond motifs is 4. The summed E-state index contributed by atoms with van der Waals surface area (Å²) in [6.07, 6.45) is 8.96. The maximum atomic E-state index is 2.82. The third-order valence-corrected chi connectivity index (χ3v) is 29.5. The van der Waals surface area contributed by atoms with Crippen molar-refractivity contribution < 1.29 is 17.4 Å². The third kappa shape index (κ3) is 6.26. The summed E-state index contributed by atoms with van der Waals surface area (Å²) in [4.78, 5) is 0. The van der Waals surface area contributed by atoms with Crippen LogP contribution >= 0.6 is 24.8 Å². The fourth-order valence-electron chi connectivity index (χ4n) is 9.96. The minimum atomic E-state index is -3.85. The van der Waals surface area contributed by atoms with Crippen LogP contribution in [0.1, 0.15) is 75.1 Å². The molecule has 0 bridgehead atoms. The third-order valence-electron chi connectivity index (χ3n) is 12.1. The first kappa shape index (κ1) is 38.7. The van der Waals surface area contributed by atoms with Crippen molar-refractivity contribution in [2.45, 2.75) is 63.5 Å². The molecule has 2 aliphatic carbocycles. The van der Waals surface area contributed by atoms with Crippen LogP contribution in [0.5, 0.6) is 0 Å². The number of hydrogen-bond acceptors (Lipinski definition) is 0. The van der Waals surface area contributed by atoms with Crippen LogP contribution in [0.25, 0.3) is 56.0 Å². The summed E-state index contributed by atoms with van der Waals surface area (Å²) in [6, 6.07) is 43.6. The smallest absolute Gasteiger partial charge is 0.147 e. The average Bonchev–Trinajstić information content (AvgIpc) is 3.73. The van der Waals surface area contributed by atoms with E-state index in [1.54, 1.807) is 22.3 Å². The van der Waals surface area contributed by atoms with E-state index in [1.807, 2.05) is 0 Å². The number of allylic oxidation sites excluding steroid dienone is 2. The van der Waals surface area contributed by atoms with Gasteiger partial charge in [-0.05, 0) is 0 Å². The molecule has 2 unspecified atom stereocenters. The summed E-state index contributed by atoms with van der Waals surface area (Å²) in [5, 5.41) is 5.31. The van der Waals surface area contributed by atoms with Gasteiger partial charge < -0.3 is 0 Å². The first-order valence-electron chi connectivity index (χ1n) is 18.8. The predicted molar refractivity (Wildman–Crippen MR) is 234 cm³/mol. The topological polar surface area (TPSA) is 0 Å². The Balaban J connectivity index is 0.00000232. The number of aryl methyl sites for hydroxylation is 1. The molecule has 0 saturated carbocycles. The first-order chi connectivity index (χ1) is 24.1. The molecule has 0 fully saturated rings. The summed E-state index contributed by atoms with van der Waals surface area (Å²) in [6.45, 7) is 12.1. The molecule has 0 aliphatic heterocycles. The summed E-state index contributed by atoms with van der Waals surface area (Å²) in [5.74, 6) is 0.484. The molecule has 0 heterocycles. The molecular weight excluding hydrogens is 767 g/mol. The Kier molecular flexibility index (Phi) is 10.9. The molecule has 0 aromatic heterocycles. The van der Waals surface area contributed by atoms with E-state index in [-0.39, 0.29) is 24.8 Å². The van der Waals surface area contributed by atoms with E-state index < -0.39 is 17.4 Å². The molecule has 266 valence electrons. The van der Waals surface area contributed by atoms with Gasteiger partial charge in [0.05, 0.1) is 0 Å². The predicted octanol–water partition coefficient (Wildman–Crippen LogP) is 14.2. The van der Waals surface area contributed by atoms with Crippen molar-refractivity contribution in [3.8, 4) is 22.3 Å². The van der Waals surface area contributed by atoms with Crippen LogP contribution in [-0.4, -0.2) is 6.88 Å². The number of benzene rings is 6. The van der Waals surface area contributed by atoms with Crippen molar-refractivity contribution in [1.82, 2.24) is 0 Å². The molecular formula is C48H52Cl2SiZr. The van der Waals surface area contributed by atoms with Crippen LogP contribution in [0.4, 0.5) is 0 Å². The zero-order chi connectivity index (χ0) is 34.8. The Labute approximate surface area is 326 Å². The molecule has 6 aromatic carbocycles. The van der Waals surface area contributed by atoms with Crippen molar-refractivity contribution in [3.63, 3.8) is 0 Å². The second-order valence-corrected chi connectivity index (χ2v) is 47.0. The molecule has 0 radical (unpaired) electrons. The molecule has 2 atom stereocenters. The fourth-order valence-corrected chi connectivity index (χ4v) is 29.9. The van der Waals surface area contributed by atoms with Gasteiger partial charge in [0, 0.05) is 0 Å². The molecule has 0 amide bonds. The van der Waals surface area contributed by atoms with Crippen LogP contribution in [0, 0.1) is 12.8 Å². The number of rotatable bonds is 8. The summed E-state index contributed by atoms with van der Waals surface area (Å²) in [7, 11) is 0. The zero-order valence-electron chi connectivity index (χ0n) is 31.5. The standard InChI is InChI=1S/C24H23.C22H19.2CH3.2ClH.H2Si.Zr/c1-3-4-8-18-15-23-17(2)13-14-22(24(23)16-18)21-12-7-10-19-9-5-6-11-20(19)21;1-15(2)18-13-17-9-6-12-21(22(17)14-18)20-11-5-8-16-7-3-4-10-19(16)20;;;;;;/h5-7,9-16H,3-4,8H2,1-2H3;3-15H,1-2H3;2*1H3;2*1H;1H2;. The van der Waals surface area contributed by atoms with Crippen molar-refractivity contribution in [2.24, 2.45) is 5.92 Å². The number of unbranched alkanes of at least 4 members (excludes halogenated alkanes) is 1. The Bertz CT molecular complexity index is 2450. The van der Waals surface area contributed by atoms with Crippen LogP contribution in [0.15, 0.2) is 126 Å². The molecule has 4 heteroatoms. The van der Waals surface area contributed by atoms with E-state index >= 15 is 0 Å². The van der Waals surface area contributed by atoms with Crippen LogP contribution < -0.4 is 0 Å². The summed E-state index contributed by atoms with van der Waals surface area (Å²) in [5.41, 5.74) is 16.5. The van der Waals surface area contributed by atoms with Gasteiger partial charge in [0.25, 0.3) is 0 Å². The minimum Gasteiger partial charge on any atom is -0.147 e. The fraction of sp³-hybridized carbons (Fsp3) is 0.250. The largest absolute Gasteiger partial charge is 0.147 e. The second-order valence-electron chi connectivity index (χ2n) is 16.5. The van der Waals surface area contributed by atoms with Gasteiger partial charge in [-0.2, -0.15) is 0 Å². The molecule has 0 spiro atoms. The molecule has 8 rings (SSSR count). The van der Waals surface area contributed by atoms with Gasteiger partial charge in [0.15, 0.2) is 0 Å². The van der Waals surface area contributed by atoms with Crippen LogP contribution in [0.2, 0.25) is 9.26 Å². The summed E-state index contributed by atoms with van der Waals surface area (Å²) >= 11 is -3.85. The monoisotopic (exact) mass is 816 g/mol. The van der Waals surface area contributed by atoms with Gasteiger partial charge in [-0.3, -0.25) is 0 Å². The SMILES string of the molecule is CCCCC1=Cc2c(-c3cccc4ccccc34)ccc(C)c2[CH]1[Zr]([CH3])([CH3])(=[SiH2])[CH]1C(C(C)C)=Cc2c(-c3cccc4ccccc34)cccc21.Cl.Cl. The van der Waals surface area contributed by atoms with Gasteiger partial charge in [-0.15, -0.1) is 24.8 Å². The van der Waals surface area contributed by atoms with E-state index in [1.165, 1.54) is 79.8 Å². The average molecular weight is 819 g/mol. The van der Waals surface area contributed by atoms with Crippen molar-refractivity contribution in [3.05, 3.63) is 154 Å². The van der Waals surface area contributed by atoms with Gasteiger partial charge in [-0.1, -0.05) is 0 Å². The van der Waals surface area contributed by atoms with E-state index in [0.717, 1.165) is 0 Å². The van der Waals surface area contributed by atoms with Gasteiger partial charge in [0.2, 0.25) is 0 Å². The number of halogens is 2. The van der Waals surface area contributed by atoms with Gasteiger partial charge in [-0.25, -0.2) is 0 Å². The Morgan fingerprint density at radius 3 is 1.75 bits per heavy atom. The Morgan fingerprint density at radius 2 is 1.15 bits per heavy atom. The van der Waals surface area contributed by atoms with E-state index in [2.05, 4.69) is 171 Å². The van der Waals surface area contributed by atoms with E-state index in [9.17, 15) is 0 Å². The van der Waals surface area contributed by atoms with Gasteiger partial charge >= 0.3 is 304 Å². The minimum absolute atomic E-state index is 0. The second kappa shape index (κ2) is 14.7. The number of hydrogen-bond donors (Lipinski definition) is 0. The van der Waals surface area contributed by atoms with Crippen molar-refractivity contribution >= 4 is 65.4 Å². The molecule has 0 nitrogen and oxygen atoms in total. The maximum Gasteiger partial charge on any atom is -0.147 e. The first-order valence-corrected chi connectivity index (χ1v) is 32.5. The van der Waals surface area contributed by atoms with Crippen molar-refractivity contribution in [1.29, 1.82) is 0 Å². The maximum absolute atomic E-state index is 3.85. The van der Waals surface area contributed by atoms with E-state index in [4.69, 9.17) is 0 Å². The van der Waals surface area contributed by atoms with Gasteiger partial charge in [0.1, 0.15) is 0 Å². The Morgan fingerprint density at radius 1 is 0.615 bits per heavy atom. The molecule has 2 aliphatic rings. The summed E-state index contributed by atoms with van der Waals surface area (Å²) < 4.78 is 6.64. The Hall–Kier alpha value is -3.00.